The van der Waals surface area contributed by atoms with Crippen LogP contribution in [0.4, 0.5) is 4.79 Å². The number of carbonyl (C=O) groups excluding carboxylic acids is 1. The Hall–Kier alpha value is -3.42. The Morgan fingerprint density at radius 2 is 1.88 bits per heavy atom. The largest absolute Gasteiger partial charge is 0.497 e. The number of ether oxygens (including phenoxy) is 4. The summed E-state index contributed by atoms with van der Waals surface area (Å²) < 4.78 is 23.2. The lowest BCUT2D eigenvalue weighted by Crippen LogP contribution is -2.59. The molecule has 8 nitrogen and oxygen atoms in total. The van der Waals surface area contributed by atoms with Crippen molar-refractivity contribution < 1.29 is 23.7 Å². The first-order valence-electron chi connectivity index (χ1n) is 12.0. The highest BCUT2D eigenvalue weighted by molar-refractivity contribution is 6.02. The Labute approximate surface area is 200 Å². The van der Waals surface area contributed by atoms with Crippen molar-refractivity contribution in [2.75, 3.05) is 33.4 Å². The van der Waals surface area contributed by atoms with E-state index in [-0.39, 0.29) is 12.1 Å². The maximum Gasteiger partial charge on any atom is 0.409 e. The van der Waals surface area contributed by atoms with Gasteiger partial charge in [0.15, 0.2) is 11.5 Å². The monoisotopic (exact) mass is 465 g/mol. The second-order valence-corrected chi connectivity index (χ2v) is 8.68. The normalized spacial score (nSPS) is 20.2. The average molecular weight is 466 g/mol. The first kappa shape index (κ1) is 22.4. The van der Waals surface area contributed by atoms with Gasteiger partial charge in [0.2, 0.25) is 5.72 Å². The molecule has 1 fully saturated rings. The van der Waals surface area contributed by atoms with Gasteiger partial charge in [-0.25, -0.2) is 9.80 Å². The molecule has 1 saturated heterocycles. The third-order valence-corrected chi connectivity index (χ3v) is 6.78. The van der Waals surface area contributed by atoms with Gasteiger partial charge < -0.3 is 23.8 Å². The quantitative estimate of drug-likeness (QED) is 0.643. The number of carbonyl (C=O) groups is 1. The fourth-order valence-electron chi connectivity index (χ4n) is 5.08. The van der Waals surface area contributed by atoms with E-state index in [4.69, 9.17) is 24.0 Å². The number of nitrogens with zero attached hydrogens (tertiary/aromatic N) is 3. The van der Waals surface area contributed by atoms with E-state index < -0.39 is 5.72 Å². The molecule has 3 aliphatic heterocycles. The van der Waals surface area contributed by atoms with Crippen molar-refractivity contribution >= 4 is 11.8 Å². The standard InChI is InChI=1S/C26H31N3O5/c1-4-32-23-8-6-7-20-22-17-21(18-9-11-19(31-3)12-10-18)27-29(22)26(34-24(20)23)13-15-28(16-14-26)25(30)33-5-2/h6-12,22H,4-5,13-17H2,1-3H3. The van der Waals surface area contributed by atoms with Crippen molar-refractivity contribution in [2.45, 2.75) is 44.9 Å². The Morgan fingerprint density at radius 1 is 1.12 bits per heavy atom. The second-order valence-electron chi connectivity index (χ2n) is 8.68. The molecular formula is C26H31N3O5. The van der Waals surface area contributed by atoms with Crippen LogP contribution in [0.25, 0.3) is 0 Å². The van der Waals surface area contributed by atoms with Crippen LogP contribution in [0.15, 0.2) is 47.6 Å². The molecule has 8 heteroatoms. The maximum absolute atomic E-state index is 12.3. The van der Waals surface area contributed by atoms with Crippen LogP contribution >= 0.6 is 0 Å². The topological polar surface area (TPSA) is 72.8 Å². The minimum atomic E-state index is -0.651. The van der Waals surface area contributed by atoms with Crippen LogP contribution in [0.1, 0.15) is 50.3 Å². The molecule has 2 aromatic carbocycles. The minimum Gasteiger partial charge on any atom is -0.497 e. The summed E-state index contributed by atoms with van der Waals surface area (Å²) in [6.07, 6.45) is 1.74. The highest BCUT2D eigenvalue weighted by Crippen LogP contribution is 2.52. The lowest BCUT2D eigenvalue weighted by molar-refractivity contribution is -0.148. The van der Waals surface area contributed by atoms with Gasteiger partial charge in [-0.05, 0) is 49.7 Å². The molecular weight excluding hydrogens is 434 g/mol. The number of rotatable bonds is 5. The van der Waals surface area contributed by atoms with E-state index >= 15 is 0 Å². The number of benzene rings is 2. The molecule has 34 heavy (non-hydrogen) atoms. The predicted octanol–water partition coefficient (Wildman–Crippen LogP) is 4.59. The molecule has 1 spiro atoms. The number of hydrogen-bond acceptors (Lipinski definition) is 7. The SMILES string of the molecule is CCOC(=O)N1CCC2(CC1)Oc1c(OCC)cccc1C1CC(c3ccc(OC)cc3)=NN12. The number of methoxy groups -OCH3 is 1. The van der Waals surface area contributed by atoms with Gasteiger partial charge in [-0.15, -0.1) is 0 Å². The number of piperidine rings is 1. The summed E-state index contributed by atoms with van der Waals surface area (Å²) in [6, 6.07) is 14.1. The van der Waals surface area contributed by atoms with Crippen molar-refractivity contribution in [1.82, 2.24) is 9.91 Å². The first-order valence-corrected chi connectivity index (χ1v) is 12.0. The molecule has 1 atom stereocenters. The molecule has 180 valence electrons. The number of para-hydroxylation sites is 1. The van der Waals surface area contributed by atoms with Gasteiger partial charge in [0.25, 0.3) is 0 Å². The van der Waals surface area contributed by atoms with Gasteiger partial charge in [-0.3, -0.25) is 0 Å². The van der Waals surface area contributed by atoms with E-state index in [1.165, 1.54) is 0 Å². The van der Waals surface area contributed by atoms with Crippen LogP contribution in [0.3, 0.4) is 0 Å². The molecule has 2 aromatic rings. The maximum atomic E-state index is 12.3. The zero-order valence-corrected chi connectivity index (χ0v) is 20.0. The number of hydrazone groups is 1. The highest BCUT2D eigenvalue weighted by Gasteiger charge is 2.53. The van der Waals surface area contributed by atoms with Crippen molar-refractivity contribution in [3.8, 4) is 17.2 Å². The van der Waals surface area contributed by atoms with Crippen molar-refractivity contribution in [3.63, 3.8) is 0 Å². The molecule has 1 amide bonds. The van der Waals surface area contributed by atoms with E-state index in [0.717, 1.165) is 40.5 Å². The van der Waals surface area contributed by atoms with Crippen molar-refractivity contribution in [2.24, 2.45) is 5.10 Å². The molecule has 0 N–H and O–H groups in total. The lowest BCUT2D eigenvalue weighted by atomic mass is 9.90. The Kier molecular flexibility index (Phi) is 5.98. The summed E-state index contributed by atoms with van der Waals surface area (Å²) >= 11 is 0. The van der Waals surface area contributed by atoms with Crippen LogP contribution < -0.4 is 14.2 Å². The number of amides is 1. The third kappa shape index (κ3) is 3.81. The first-order chi connectivity index (χ1) is 16.6. The van der Waals surface area contributed by atoms with E-state index in [1.54, 1.807) is 12.0 Å². The van der Waals surface area contributed by atoms with Gasteiger partial charge in [-0.2, -0.15) is 5.10 Å². The summed E-state index contributed by atoms with van der Waals surface area (Å²) in [4.78, 5) is 14.1. The molecule has 0 aromatic heterocycles. The van der Waals surface area contributed by atoms with E-state index in [9.17, 15) is 4.79 Å². The smallest absolute Gasteiger partial charge is 0.409 e. The summed E-state index contributed by atoms with van der Waals surface area (Å²) in [5, 5.41) is 7.23. The van der Waals surface area contributed by atoms with Gasteiger partial charge >= 0.3 is 6.09 Å². The summed E-state index contributed by atoms with van der Waals surface area (Å²) in [7, 11) is 1.67. The van der Waals surface area contributed by atoms with Crippen molar-refractivity contribution in [3.05, 3.63) is 53.6 Å². The molecule has 3 aliphatic rings. The summed E-state index contributed by atoms with van der Waals surface area (Å²) in [6.45, 7) is 5.81. The Bertz CT molecular complexity index is 1080. The fraction of sp³-hybridized carbons (Fsp3) is 0.462. The Balaban J connectivity index is 1.51. The van der Waals surface area contributed by atoms with E-state index in [2.05, 4.69) is 11.1 Å². The lowest BCUT2D eigenvalue weighted by Gasteiger charge is -2.51. The van der Waals surface area contributed by atoms with Gasteiger partial charge in [0, 0.05) is 37.9 Å². The van der Waals surface area contributed by atoms with Gasteiger partial charge in [0.05, 0.1) is 32.1 Å². The van der Waals surface area contributed by atoms with Crippen LogP contribution in [0.5, 0.6) is 17.2 Å². The molecule has 3 heterocycles. The molecule has 0 saturated carbocycles. The molecule has 0 radical (unpaired) electrons. The zero-order valence-electron chi connectivity index (χ0n) is 20.0. The number of fused-ring (bicyclic) bond motifs is 4. The zero-order chi connectivity index (χ0) is 23.7. The van der Waals surface area contributed by atoms with Crippen LogP contribution in [0, 0.1) is 0 Å². The number of hydrogen-bond donors (Lipinski definition) is 0. The molecule has 1 unspecified atom stereocenters. The minimum absolute atomic E-state index is 0.0374. The van der Waals surface area contributed by atoms with Crippen LogP contribution in [-0.2, 0) is 4.74 Å². The average Bonchev–Trinajstić information content (AvgIpc) is 3.33. The van der Waals surface area contributed by atoms with Gasteiger partial charge in [0.1, 0.15) is 5.75 Å². The predicted molar refractivity (Wildman–Crippen MR) is 128 cm³/mol. The number of likely N-dealkylation sites (tertiary alicyclic amines) is 1. The fourth-order valence-corrected chi connectivity index (χ4v) is 5.08. The van der Waals surface area contributed by atoms with E-state index in [1.807, 2.05) is 50.2 Å². The molecule has 0 aliphatic carbocycles. The Morgan fingerprint density at radius 3 is 2.56 bits per heavy atom. The van der Waals surface area contributed by atoms with E-state index in [0.29, 0.717) is 39.1 Å². The molecule has 5 rings (SSSR count). The summed E-state index contributed by atoms with van der Waals surface area (Å²) in [5.41, 5.74) is 2.51. The second kappa shape index (κ2) is 9.08. The van der Waals surface area contributed by atoms with Gasteiger partial charge in [-0.1, -0.05) is 12.1 Å². The third-order valence-electron chi connectivity index (χ3n) is 6.78. The van der Waals surface area contributed by atoms with Crippen LogP contribution in [0.2, 0.25) is 0 Å². The summed E-state index contributed by atoms with van der Waals surface area (Å²) in [5.74, 6) is 2.36. The highest BCUT2D eigenvalue weighted by atomic mass is 16.6. The molecule has 0 bridgehead atoms. The van der Waals surface area contributed by atoms with Crippen LogP contribution in [-0.4, -0.2) is 60.9 Å². The van der Waals surface area contributed by atoms with Crippen molar-refractivity contribution in [1.29, 1.82) is 0 Å².